The fourth-order valence-corrected chi connectivity index (χ4v) is 7.55. The largest absolute Gasteiger partial charge is 0.456 e. The molecule has 2 aliphatic heterocycles. The number of fused-ring (bicyclic) bond motifs is 8. The summed E-state index contributed by atoms with van der Waals surface area (Å²) in [7, 11) is 0. The molecule has 0 radical (unpaired) electrons. The van der Waals surface area contributed by atoms with Crippen molar-refractivity contribution < 1.29 is 8.83 Å². The average molecular weight is 539 g/mol. The lowest BCUT2D eigenvalue weighted by molar-refractivity contribution is 0.578. The highest BCUT2D eigenvalue weighted by Crippen LogP contribution is 2.42. The van der Waals surface area contributed by atoms with Crippen LogP contribution in [0.3, 0.4) is 0 Å². The highest BCUT2D eigenvalue weighted by molar-refractivity contribution is 6.20. The highest BCUT2D eigenvalue weighted by Gasteiger charge is 2.19. The normalized spacial score (nSPS) is 16.8. The number of benzene rings is 5. The first-order valence-electron chi connectivity index (χ1n) is 15.4. The Labute approximate surface area is 239 Å². The zero-order chi connectivity index (χ0) is 27.1. The van der Waals surface area contributed by atoms with Crippen molar-refractivity contribution in [1.29, 1.82) is 0 Å². The van der Waals surface area contributed by atoms with Crippen molar-refractivity contribution in [3.05, 3.63) is 72.3 Å². The number of nitrogens with zero attached hydrogens (tertiary/aromatic N) is 2. The smallest absolute Gasteiger partial charge is 0.139 e. The summed E-state index contributed by atoms with van der Waals surface area (Å²) in [4.78, 5) is 5.04. The van der Waals surface area contributed by atoms with Crippen LogP contribution in [0.15, 0.2) is 75.6 Å². The van der Waals surface area contributed by atoms with Crippen LogP contribution >= 0.6 is 0 Å². The Balaban J connectivity index is 1.19. The van der Waals surface area contributed by atoms with Crippen LogP contribution in [0.25, 0.3) is 65.4 Å². The minimum atomic E-state index is 0.930. The predicted molar refractivity (Wildman–Crippen MR) is 173 cm³/mol. The van der Waals surface area contributed by atoms with E-state index < -0.39 is 0 Å². The van der Waals surface area contributed by atoms with Crippen LogP contribution in [0.2, 0.25) is 0 Å². The summed E-state index contributed by atoms with van der Waals surface area (Å²) in [6.07, 6.45) is 7.82. The second kappa shape index (κ2) is 8.91. The molecular weight excluding hydrogens is 504 g/mol. The molecule has 0 bridgehead atoms. The summed E-state index contributed by atoms with van der Waals surface area (Å²) in [5, 5.41) is 9.58. The third kappa shape index (κ3) is 3.66. The fourth-order valence-electron chi connectivity index (χ4n) is 7.55. The van der Waals surface area contributed by atoms with Gasteiger partial charge in [-0.15, -0.1) is 0 Å². The summed E-state index contributed by atoms with van der Waals surface area (Å²) >= 11 is 0. The molecule has 0 aliphatic carbocycles. The van der Waals surface area contributed by atoms with Crippen molar-refractivity contribution in [1.82, 2.24) is 0 Å². The summed E-state index contributed by atoms with van der Waals surface area (Å²) in [6.45, 7) is 6.79. The molecule has 0 N–H and O–H groups in total. The summed E-state index contributed by atoms with van der Waals surface area (Å²) < 4.78 is 13.2. The van der Waals surface area contributed by atoms with Crippen LogP contribution in [-0.4, -0.2) is 26.2 Å². The lowest BCUT2D eigenvalue weighted by atomic mass is 10.00. The number of rotatable bonds is 2. The van der Waals surface area contributed by atoms with Crippen LogP contribution in [0.4, 0.5) is 11.4 Å². The molecule has 0 atom stereocenters. The molecule has 41 heavy (non-hydrogen) atoms. The number of furan rings is 2. The number of aryl methyl sites for hydroxylation is 1. The highest BCUT2D eigenvalue weighted by atomic mass is 16.3. The number of anilines is 2. The lowest BCUT2D eigenvalue weighted by Crippen LogP contribution is -2.29. The van der Waals surface area contributed by atoms with Gasteiger partial charge in [0.05, 0.1) is 0 Å². The lowest BCUT2D eigenvalue weighted by Gasteiger charge is -2.29. The first kappa shape index (κ1) is 23.5. The summed E-state index contributed by atoms with van der Waals surface area (Å²) in [5.74, 6) is 0. The molecular formula is C37H34N2O2. The van der Waals surface area contributed by atoms with Gasteiger partial charge in [-0.25, -0.2) is 0 Å². The monoisotopic (exact) mass is 538 g/mol. The average Bonchev–Trinajstić information content (AvgIpc) is 3.56. The topological polar surface area (TPSA) is 32.8 Å². The molecule has 0 spiro atoms. The first-order valence-corrected chi connectivity index (χ1v) is 15.4. The van der Waals surface area contributed by atoms with Crippen LogP contribution in [0.5, 0.6) is 0 Å². The molecule has 2 aromatic heterocycles. The van der Waals surface area contributed by atoms with Gasteiger partial charge in [-0.3, -0.25) is 0 Å². The maximum absolute atomic E-state index is 6.61. The second-order valence-corrected chi connectivity index (χ2v) is 12.3. The van der Waals surface area contributed by atoms with E-state index in [1.165, 1.54) is 71.4 Å². The van der Waals surface area contributed by atoms with E-state index in [9.17, 15) is 0 Å². The molecule has 5 aromatic carbocycles. The van der Waals surface area contributed by atoms with Crippen molar-refractivity contribution in [2.75, 3.05) is 36.0 Å². The molecule has 0 saturated carbocycles. The third-order valence-corrected chi connectivity index (χ3v) is 9.76. The molecule has 2 aliphatic rings. The second-order valence-electron chi connectivity index (χ2n) is 12.3. The van der Waals surface area contributed by atoms with Crippen LogP contribution in [-0.2, 0) is 0 Å². The predicted octanol–water partition coefficient (Wildman–Crippen LogP) is 10.1. The number of hydrogen-bond acceptors (Lipinski definition) is 4. The Morgan fingerprint density at radius 1 is 0.488 bits per heavy atom. The Hall–Kier alpha value is -4.18. The van der Waals surface area contributed by atoms with E-state index in [1.807, 2.05) is 0 Å². The van der Waals surface area contributed by atoms with Gasteiger partial charge in [0.15, 0.2) is 0 Å². The molecule has 204 valence electrons. The van der Waals surface area contributed by atoms with E-state index in [4.69, 9.17) is 8.83 Å². The van der Waals surface area contributed by atoms with Crippen LogP contribution in [0, 0.1) is 6.92 Å². The van der Waals surface area contributed by atoms with Crippen LogP contribution < -0.4 is 9.80 Å². The maximum Gasteiger partial charge on any atom is 0.139 e. The first-order chi connectivity index (χ1) is 20.2. The van der Waals surface area contributed by atoms with Crippen molar-refractivity contribution >= 4 is 76.8 Å². The molecule has 4 heterocycles. The van der Waals surface area contributed by atoms with Gasteiger partial charge in [0, 0.05) is 64.7 Å². The Bertz CT molecular complexity index is 2100. The minimum absolute atomic E-state index is 0.930. The van der Waals surface area contributed by atoms with E-state index in [2.05, 4.69) is 83.5 Å². The molecule has 7 aromatic rings. The Morgan fingerprint density at radius 2 is 1.05 bits per heavy atom. The number of hydrogen-bond donors (Lipinski definition) is 0. The Kier molecular flexibility index (Phi) is 5.11. The molecule has 2 fully saturated rings. The molecule has 4 heteroatoms. The molecule has 9 rings (SSSR count). The minimum Gasteiger partial charge on any atom is -0.456 e. The van der Waals surface area contributed by atoms with E-state index in [-0.39, 0.29) is 0 Å². The quantitative estimate of drug-likeness (QED) is 0.219. The van der Waals surface area contributed by atoms with Gasteiger partial charge >= 0.3 is 0 Å². The fraction of sp³-hybridized carbons (Fsp3) is 0.297. The van der Waals surface area contributed by atoms with Crippen molar-refractivity contribution in [2.24, 2.45) is 0 Å². The van der Waals surface area contributed by atoms with Gasteiger partial charge in [-0.1, -0.05) is 12.1 Å². The zero-order valence-electron chi connectivity index (χ0n) is 23.6. The van der Waals surface area contributed by atoms with Crippen molar-refractivity contribution in [3.8, 4) is 0 Å². The molecule has 2 saturated heterocycles. The number of piperidine rings is 2. The van der Waals surface area contributed by atoms with E-state index in [0.29, 0.717) is 0 Å². The van der Waals surface area contributed by atoms with Crippen molar-refractivity contribution in [2.45, 2.75) is 45.4 Å². The van der Waals surface area contributed by atoms with Gasteiger partial charge in [0.2, 0.25) is 0 Å². The summed E-state index contributed by atoms with van der Waals surface area (Å²) in [5.41, 5.74) is 7.57. The molecule has 0 unspecified atom stereocenters. The molecule has 4 nitrogen and oxygen atoms in total. The molecule has 0 amide bonds. The van der Waals surface area contributed by atoms with E-state index in [0.717, 1.165) is 75.6 Å². The van der Waals surface area contributed by atoms with Crippen molar-refractivity contribution in [3.63, 3.8) is 0 Å². The summed E-state index contributed by atoms with van der Waals surface area (Å²) in [6, 6.07) is 25.0. The standard InChI is InChI=1S/C37H34N2O2/c1-23-36-32-19-25-9-11-29(39-14-6-3-7-15-39)17-27(25)21-34(32)40-35(36)22-31-30-18-24-8-10-28(38-12-4-2-5-13-38)16-26(24)20-33(30)41-37(23)31/h8-11,16-22H,2-7,12-15H2,1H3. The third-order valence-electron chi connectivity index (χ3n) is 9.76. The Morgan fingerprint density at radius 3 is 1.66 bits per heavy atom. The van der Waals surface area contributed by atoms with Gasteiger partial charge in [-0.05, 0) is 122 Å². The van der Waals surface area contributed by atoms with E-state index >= 15 is 0 Å². The van der Waals surface area contributed by atoms with Gasteiger partial charge in [0.25, 0.3) is 0 Å². The SMILES string of the molecule is Cc1c2oc3cc4cc(N5CCCCC5)ccc4cc3c2cc2oc3cc4cc(N5CCCCC5)ccc4cc3c12. The van der Waals surface area contributed by atoms with Gasteiger partial charge in [0.1, 0.15) is 22.3 Å². The van der Waals surface area contributed by atoms with Crippen LogP contribution in [0.1, 0.15) is 44.1 Å². The zero-order valence-corrected chi connectivity index (χ0v) is 23.6. The van der Waals surface area contributed by atoms with Gasteiger partial charge in [-0.2, -0.15) is 0 Å². The van der Waals surface area contributed by atoms with E-state index in [1.54, 1.807) is 0 Å². The maximum atomic E-state index is 6.61. The van der Waals surface area contributed by atoms with Gasteiger partial charge < -0.3 is 18.6 Å².